The first-order chi connectivity index (χ1) is 8.04. The van der Waals surface area contributed by atoms with E-state index in [1.165, 1.54) is 11.8 Å². The molecule has 0 aromatic heterocycles. The number of nitrogens with zero attached hydrogens (tertiary/aromatic N) is 1. The van der Waals surface area contributed by atoms with Gasteiger partial charge in [-0.25, -0.2) is 4.79 Å². The molecule has 1 atom stereocenters. The molecule has 5 nitrogen and oxygen atoms in total. The highest BCUT2D eigenvalue weighted by atomic mass is 32.2. The van der Waals surface area contributed by atoms with Crippen LogP contribution in [-0.4, -0.2) is 52.6 Å². The number of hydrogen-bond donors (Lipinski definition) is 2. The van der Waals surface area contributed by atoms with Gasteiger partial charge >= 0.3 is 5.97 Å². The van der Waals surface area contributed by atoms with Crippen LogP contribution in [0.2, 0.25) is 0 Å². The third-order valence-electron chi connectivity index (χ3n) is 3.65. The van der Waals surface area contributed by atoms with E-state index in [9.17, 15) is 9.59 Å². The van der Waals surface area contributed by atoms with E-state index in [4.69, 9.17) is 5.11 Å². The Morgan fingerprint density at radius 1 is 1.41 bits per heavy atom. The van der Waals surface area contributed by atoms with Gasteiger partial charge < -0.3 is 15.3 Å². The first kappa shape index (κ1) is 12.7. The molecule has 2 rings (SSSR count). The zero-order valence-electron chi connectivity index (χ0n) is 9.94. The number of piperidine rings is 1. The second-order valence-corrected chi connectivity index (χ2v) is 5.94. The quantitative estimate of drug-likeness (QED) is 0.748. The molecular formula is C11H18N2O3S. The fraction of sp³-hybridized carbons (Fsp3) is 0.818. The van der Waals surface area contributed by atoms with Gasteiger partial charge in [-0.1, -0.05) is 6.92 Å². The second kappa shape index (κ2) is 4.86. The average Bonchev–Trinajstić information content (AvgIpc) is 2.77. The van der Waals surface area contributed by atoms with Gasteiger partial charge in [0.2, 0.25) is 5.91 Å². The number of aliphatic carboxylic acids is 1. The van der Waals surface area contributed by atoms with Crippen LogP contribution in [0.4, 0.5) is 0 Å². The maximum Gasteiger partial charge on any atom is 0.327 e. The van der Waals surface area contributed by atoms with Crippen molar-refractivity contribution < 1.29 is 14.7 Å². The molecule has 2 saturated heterocycles. The maximum atomic E-state index is 12.5. The summed E-state index contributed by atoms with van der Waals surface area (Å²) < 4.78 is 0. The van der Waals surface area contributed by atoms with Crippen LogP contribution in [0, 0.1) is 5.41 Å². The molecule has 0 bridgehead atoms. The van der Waals surface area contributed by atoms with Crippen LogP contribution in [0.25, 0.3) is 0 Å². The number of amides is 1. The predicted octanol–water partition coefficient (Wildman–Crippen LogP) is 0.362. The Hall–Kier alpha value is -0.750. The van der Waals surface area contributed by atoms with Crippen LogP contribution >= 0.6 is 11.8 Å². The van der Waals surface area contributed by atoms with Gasteiger partial charge in [-0.3, -0.25) is 4.79 Å². The molecule has 0 saturated carbocycles. The summed E-state index contributed by atoms with van der Waals surface area (Å²) in [5.41, 5.74) is -0.385. The summed E-state index contributed by atoms with van der Waals surface area (Å²) in [5, 5.41) is 12.3. The number of carbonyl (C=O) groups excluding carboxylic acids is 1. The summed E-state index contributed by atoms with van der Waals surface area (Å²) in [5.74, 6) is 0.145. The van der Waals surface area contributed by atoms with E-state index in [0.717, 1.165) is 25.9 Å². The number of thioether (sulfide) groups is 1. The first-order valence-electron chi connectivity index (χ1n) is 5.87. The summed E-state index contributed by atoms with van der Waals surface area (Å²) in [7, 11) is 0. The van der Waals surface area contributed by atoms with Crippen molar-refractivity contribution in [1.29, 1.82) is 0 Å². The Bertz CT molecular complexity index is 329. The van der Waals surface area contributed by atoms with Crippen molar-refractivity contribution in [3.05, 3.63) is 0 Å². The zero-order chi connectivity index (χ0) is 12.5. The van der Waals surface area contributed by atoms with E-state index in [1.807, 2.05) is 6.92 Å². The van der Waals surface area contributed by atoms with Crippen molar-refractivity contribution in [2.75, 3.05) is 24.7 Å². The predicted molar refractivity (Wildman–Crippen MR) is 65.8 cm³/mol. The number of rotatable bonds is 2. The van der Waals surface area contributed by atoms with Gasteiger partial charge in [0.1, 0.15) is 6.04 Å². The van der Waals surface area contributed by atoms with Gasteiger partial charge in [0.25, 0.3) is 0 Å². The van der Waals surface area contributed by atoms with Gasteiger partial charge in [-0.05, 0) is 25.9 Å². The summed E-state index contributed by atoms with van der Waals surface area (Å²) >= 11 is 1.52. The van der Waals surface area contributed by atoms with E-state index in [2.05, 4.69) is 5.32 Å². The van der Waals surface area contributed by atoms with Gasteiger partial charge in [0, 0.05) is 11.2 Å². The third kappa shape index (κ3) is 2.42. The molecule has 2 aliphatic rings. The van der Waals surface area contributed by atoms with Crippen molar-refractivity contribution >= 4 is 23.6 Å². The minimum absolute atomic E-state index is 0.0106. The lowest BCUT2D eigenvalue weighted by molar-refractivity contribution is -0.153. The minimum Gasteiger partial charge on any atom is -0.480 e. The van der Waals surface area contributed by atoms with Crippen molar-refractivity contribution in [2.45, 2.75) is 25.8 Å². The number of carboxylic acid groups (broad SMARTS) is 1. The summed E-state index contributed by atoms with van der Waals surface area (Å²) in [6.45, 7) is 3.62. The fourth-order valence-corrected chi connectivity index (χ4v) is 3.53. The summed E-state index contributed by atoms with van der Waals surface area (Å²) in [6.07, 6.45) is 1.58. The van der Waals surface area contributed by atoms with Crippen molar-refractivity contribution in [2.24, 2.45) is 5.41 Å². The van der Waals surface area contributed by atoms with Crippen LogP contribution < -0.4 is 5.32 Å². The fourth-order valence-electron chi connectivity index (χ4n) is 2.39. The number of hydrogen-bond acceptors (Lipinski definition) is 4. The SMILES string of the molecule is CC1(C(=O)N2CSC[C@H]2C(=O)O)CCNCC1. The maximum absolute atomic E-state index is 12.5. The zero-order valence-corrected chi connectivity index (χ0v) is 10.8. The standard InChI is InChI=1S/C11H18N2O3S/c1-11(2-4-12-5-3-11)10(16)13-7-17-6-8(13)9(14)15/h8,12H,2-7H2,1H3,(H,14,15)/t8-/m0/s1. The topological polar surface area (TPSA) is 69.6 Å². The Morgan fingerprint density at radius 2 is 2.06 bits per heavy atom. The molecule has 0 aromatic rings. The molecule has 0 spiro atoms. The molecular weight excluding hydrogens is 240 g/mol. The third-order valence-corrected chi connectivity index (χ3v) is 4.66. The number of carboxylic acids is 1. The number of nitrogens with one attached hydrogen (secondary N) is 1. The van der Waals surface area contributed by atoms with Crippen LogP contribution in [0.5, 0.6) is 0 Å². The largest absolute Gasteiger partial charge is 0.480 e. The van der Waals surface area contributed by atoms with Crippen LogP contribution in [0.3, 0.4) is 0 Å². The van der Waals surface area contributed by atoms with Gasteiger partial charge in [0.15, 0.2) is 0 Å². The van der Waals surface area contributed by atoms with Gasteiger partial charge in [0.05, 0.1) is 5.88 Å². The van der Waals surface area contributed by atoms with Crippen LogP contribution in [0.15, 0.2) is 0 Å². The average molecular weight is 258 g/mol. The van der Waals surface area contributed by atoms with E-state index in [0.29, 0.717) is 11.6 Å². The molecule has 0 aliphatic carbocycles. The van der Waals surface area contributed by atoms with E-state index in [-0.39, 0.29) is 11.3 Å². The Labute approximate surface area is 105 Å². The first-order valence-corrected chi connectivity index (χ1v) is 7.02. The van der Waals surface area contributed by atoms with Gasteiger partial charge in [-0.2, -0.15) is 0 Å². The molecule has 1 amide bonds. The molecule has 2 heterocycles. The summed E-state index contributed by atoms with van der Waals surface area (Å²) in [6, 6.07) is -0.640. The minimum atomic E-state index is -0.888. The van der Waals surface area contributed by atoms with Crippen LogP contribution in [-0.2, 0) is 9.59 Å². The Balaban J connectivity index is 2.10. The van der Waals surface area contributed by atoms with Crippen molar-refractivity contribution in [3.8, 4) is 0 Å². The van der Waals surface area contributed by atoms with E-state index >= 15 is 0 Å². The molecule has 96 valence electrons. The summed E-state index contributed by atoms with van der Waals surface area (Å²) in [4.78, 5) is 25.1. The lowest BCUT2D eigenvalue weighted by atomic mass is 9.79. The smallest absolute Gasteiger partial charge is 0.327 e. The molecule has 0 unspecified atom stereocenters. The van der Waals surface area contributed by atoms with Crippen molar-refractivity contribution in [3.63, 3.8) is 0 Å². The highest BCUT2D eigenvalue weighted by molar-refractivity contribution is 7.99. The second-order valence-electron chi connectivity index (χ2n) is 4.94. The molecule has 2 N–H and O–H groups in total. The van der Waals surface area contributed by atoms with E-state index in [1.54, 1.807) is 4.90 Å². The molecule has 17 heavy (non-hydrogen) atoms. The van der Waals surface area contributed by atoms with Crippen LogP contribution in [0.1, 0.15) is 19.8 Å². The highest BCUT2D eigenvalue weighted by Gasteiger charge is 2.43. The Morgan fingerprint density at radius 3 is 2.65 bits per heavy atom. The van der Waals surface area contributed by atoms with Gasteiger partial charge in [-0.15, -0.1) is 11.8 Å². The molecule has 2 fully saturated rings. The molecule has 6 heteroatoms. The van der Waals surface area contributed by atoms with E-state index < -0.39 is 12.0 Å². The normalized spacial score (nSPS) is 28.1. The van der Waals surface area contributed by atoms with Crippen molar-refractivity contribution in [1.82, 2.24) is 10.2 Å². The number of carbonyl (C=O) groups is 2. The molecule has 0 radical (unpaired) electrons. The molecule has 0 aromatic carbocycles. The lowest BCUT2D eigenvalue weighted by Crippen LogP contribution is -2.51. The molecule has 2 aliphatic heterocycles. The lowest BCUT2D eigenvalue weighted by Gasteiger charge is -2.36. The highest BCUT2D eigenvalue weighted by Crippen LogP contribution is 2.34. The monoisotopic (exact) mass is 258 g/mol. The Kier molecular flexibility index (Phi) is 3.63.